The molecule has 0 unspecified atom stereocenters. The van der Waals surface area contributed by atoms with Gasteiger partial charge < -0.3 is 10.1 Å². The van der Waals surface area contributed by atoms with Gasteiger partial charge in [0.2, 0.25) is 0 Å². The SMILES string of the molecule is CCOC(=O)N[C@@H](CC(=O)/C=C/c1ccccc1)c1ccccc1. The number of benzene rings is 2. The van der Waals surface area contributed by atoms with Crippen molar-refractivity contribution in [2.24, 2.45) is 0 Å². The van der Waals surface area contributed by atoms with E-state index in [9.17, 15) is 9.59 Å². The first-order valence-electron chi connectivity index (χ1n) is 7.93. The quantitative estimate of drug-likeness (QED) is 0.779. The van der Waals surface area contributed by atoms with Crippen LogP contribution >= 0.6 is 0 Å². The standard InChI is InChI=1S/C20H21NO3/c1-2-24-20(23)21-19(17-11-7-4-8-12-17)15-18(22)14-13-16-9-5-3-6-10-16/h3-14,19H,2,15H2,1H3,(H,21,23)/b14-13+/t19-/m0/s1. The van der Waals surface area contributed by atoms with Crippen molar-refractivity contribution in [2.75, 3.05) is 6.61 Å². The summed E-state index contributed by atoms with van der Waals surface area (Å²) in [5, 5.41) is 2.75. The van der Waals surface area contributed by atoms with Crippen LogP contribution in [0.3, 0.4) is 0 Å². The molecule has 0 fully saturated rings. The molecule has 0 radical (unpaired) electrons. The molecule has 2 aromatic carbocycles. The Morgan fingerprint density at radius 2 is 1.67 bits per heavy atom. The average Bonchev–Trinajstić information content (AvgIpc) is 2.61. The topological polar surface area (TPSA) is 55.4 Å². The third kappa shape index (κ3) is 5.72. The zero-order valence-corrected chi connectivity index (χ0v) is 13.6. The molecule has 2 aromatic rings. The molecule has 4 heteroatoms. The van der Waals surface area contributed by atoms with Gasteiger partial charge in [-0.25, -0.2) is 4.79 Å². The number of carbonyl (C=O) groups excluding carboxylic acids is 2. The summed E-state index contributed by atoms with van der Waals surface area (Å²) in [6, 6.07) is 18.6. The third-order valence-corrected chi connectivity index (χ3v) is 3.44. The van der Waals surface area contributed by atoms with Gasteiger partial charge in [-0.2, -0.15) is 0 Å². The van der Waals surface area contributed by atoms with Crippen LogP contribution in [-0.2, 0) is 9.53 Å². The lowest BCUT2D eigenvalue weighted by Gasteiger charge is -2.17. The van der Waals surface area contributed by atoms with Crippen molar-refractivity contribution in [3.05, 3.63) is 77.9 Å². The highest BCUT2D eigenvalue weighted by atomic mass is 16.5. The van der Waals surface area contributed by atoms with Crippen LogP contribution in [0.25, 0.3) is 6.08 Å². The van der Waals surface area contributed by atoms with Crippen molar-refractivity contribution in [3.63, 3.8) is 0 Å². The Balaban J connectivity index is 2.05. The summed E-state index contributed by atoms with van der Waals surface area (Å²) in [5.74, 6) is -0.0653. The average molecular weight is 323 g/mol. The van der Waals surface area contributed by atoms with E-state index in [-0.39, 0.29) is 18.8 Å². The molecule has 0 saturated heterocycles. The molecular weight excluding hydrogens is 302 g/mol. The van der Waals surface area contributed by atoms with E-state index in [1.165, 1.54) is 6.08 Å². The molecule has 0 saturated carbocycles. The number of ketones is 1. The summed E-state index contributed by atoms with van der Waals surface area (Å²) >= 11 is 0. The van der Waals surface area contributed by atoms with Crippen LogP contribution in [0.4, 0.5) is 4.79 Å². The summed E-state index contributed by atoms with van der Waals surface area (Å²) in [4.78, 5) is 24.0. The van der Waals surface area contributed by atoms with Gasteiger partial charge in [0.1, 0.15) is 0 Å². The minimum Gasteiger partial charge on any atom is -0.450 e. The summed E-state index contributed by atoms with van der Waals surface area (Å²) < 4.78 is 4.93. The van der Waals surface area contributed by atoms with Gasteiger partial charge in [0, 0.05) is 6.42 Å². The number of hydrogen-bond donors (Lipinski definition) is 1. The maximum atomic E-state index is 12.3. The normalized spacial score (nSPS) is 11.9. The van der Waals surface area contributed by atoms with Gasteiger partial charge in [-0.3, -0.25) is 4.79 Å². The van der Waals surface area contributed by atoms with Crippen LogP contribution in [0, 0.1) is 0 Å². The van der Waals surface area contributed by atoms with Crippen molar-refractivity contribution in [1.82, 2.24) is 5.32 Å². The van der Waals surface area contributed by atoms with Crippen molar-refractivity contribution < 1.29 is 14.3 Å². The molecule has 0 heterocycles. The van der Waals surface area contributed by atoms with Crippen LogP contribution in [-0.4, -0.2) is 18.5 Å². The highest BCUT2D eigenvalue weighted by Gasteiger charge is 2.17. The van der Waals surface area contributed by atoms with Crippen molar-refractivity contribution in [2.45, 2.75) is 19.4 Å². The molecule has 4 nitrogen and oxygen atoms in total. The van der Waals surface area contributed by atoms with Gasteiger partial charge >= 0.3 is 6.09 Å². The predicted molar refractivity (Wildman–Crippen MR) is 94.4 cm³/mol. The zero-order chi connectivity index (χ0) is 17.2. The van der Waals surface area contributed by atoms with E-state index in [1.807, 2.05) is 60.7 Å². The number of ether oxygens (including phenoxy) is 1. The van der Waals surface area contributed by atoms with E-state index in [4.69, 9.17) is 4.74 Å². The highest BCUT2D eigenvalue weighted by Crippen LogP contribution is 2.18. The number of nitrogens with one attached hydrogen (secondary N) is 1. The Hall–Kier alpha value is -2.88. The molecule has 24 heavy (non-hydrogen) atoms. The summed E-state index contributed by atoms with van der Waals surface area (Å²) in [6.45, 7) is 2.03. The third-order valence-electron chi connectivity index (χ3n) is 3.44. The summed E-state index contributed by atoms with van der Waals surface area (Å²) in [7, 11) is 0. The maximum Gasteiger partial charge on any atom is 0.407 e. The van der Waals surface area contributed by atoms with Crippen molar-refractivity contribution in [3.8, 4) is 0 Å². The number of rotatable bonds is 7. The number of alkyl carbamates (subject to hydrolysis) is 1. The maximum absolute atomic E-state index is 12.3. The number of carbonyl (C=O) groups is 2. The summed E-state index contributed by atoms with van der Waals surface area (Å²) in [5.41, 5.74) is 1.83. The van der Waals surface area contributed by atoms with Crippen LogP contribution < -0.4 is 5.32 Å². The lowest BCUT2D eigenvalue weighted by Crippen LogP contribution is -2.30. The Labute approximate surface area is 142 Å². The monoisotopic (exact) mass is 323 g/mol. The van der Waals surface area contributed by atoms with Gasteiger partial charge in [0.15, 0.2) is 5.78 Å². The molecule has 1 amide bonds. The molecule has 1 N–H and O–H groups in total. The largest absolute Gasteiger partial charge is 0.450 e. The first-order valence-corrected chi connectivity index (χ1v) is 7.93. The van der Waals surface area contributed by atoms with E-state index in [0.717, 1.165) is 11.1 Å². The molecule has 124 valence electrons. The van der Waals surface area contributed by atoms with Gasteiger partial charge in [-0.15, -0.1) is 0 Å². The van der Waals surface area contributed by atoms with Crippen molar-refractivity contribution in [1.29, 1.82) is 0 Å². The van der Waals surface area contributed by atoms with E-state index >= 15 is 0 Å². The zero-order valence-electron chi connectivity index (χ0n) is 13.6. The molecule has 0 spiro atoms. The highest BCUT2D eigenvalue weighted by molar-refractivity contribution is 5.94. The summed E-state index contributed by atoms with van der Waals surface area (Å²) in [6.07, 6.45) is 2.96. The Kier molecular flexibility index (Phi) is 6.77. The van der Waals surface area contributed by atoms with Crippen LogP contribution in [0.5, 0.6) is 0 Å². The fourth-order valence-electron chi connectivity index (χ4n) is 2.28. The molecule has 0 aliphatic rings. The molecule has 2 rings (SSSR count). The number of allylic oxidation sites excluding steroid dienone is 1. The minimum absolute atomic E-state index is 0.0653. The van der Waals surface area contributed by atoms with Crippen LogP contribution in [0.1, 0.15) is 30.5 Å². The first-order chi connectivity index (χ1) is 11.7. The number of amides is 1. The fourth-order valence-corrected chi connectivity index (χ4v) is 2.28. The number of hydrogen-bond acceptors (Lipinski definition) is 3. The molecule has 0 aliphatic heterocycles. The van der Waals surface area contributed by atoms with E-state index in [0.29, 0.717) is 0 Å². The molecule has 0 bridgehead atoms. The van der Waals surface area contributed by atoms with Gasteiger partial charge in [0.25, 0.3) is 0 Å². The minimum atomic E-state index is -0.522. The second-order valence-electron chi connectivity index (χ2n) is 5.24. The van der Waals surface area contributed by atoms with Gasteiger partial charge in [-0.1, -0.05) is 66.7 Å². The van der Waals surface area contributed by atoms with Gasteiger partial charge in [-0.05, 0) is 24.1 Å². The fraction of sp³-hybridized carbons (Fsp3) is 0.200. The molecule has 1 atom stereocenters. The van der Waals surface area contributed by atoms with Crippen LogP contribution in [0.2, 0.25) is 0 Å². The molecule has 0 aliphatic carbocycles. The van der Waals surface area contributed by atoms with E-state index in [2.05, 4.69) is 5.32 Å². The Morgan fingerprint density at radius 3 is 2.29 bits per heavy atom. The second-order valence-corrected chi connectivity index (χ2v) is 5.24. The van der Waals surface area contributed by atoms with Crippen LogP contribution in [0.15, 0.2) is 66.7 Å². The Morgan fingerprint density at radius 1 is 1.04 bits per heavy atom. The smallest absolute Gasteiger partial charge is 0.407 e. The lowest BCUT2D eigenvalue weighted by molar-refractivity contribution is -0.115. The second kappa shape index (κ2) is 9.30. The van der Waals surface area contributed by atoms with Gasteiger partial charge in [0.05, 0.1) is 12.6 Å². The predicted octanol–water partition coefficient (Wildman–Crippen LogP) is 4.15. The molecular formula is C20H21NO3. The lowest BCUT2D eigenvalue weighted by atomic mass is 10.0. The van der Waals surface area contributed by atoms with E-state index < -0.39 is 12.1 Å². The van der Waals surface area contributed by atoms with E-state index in [1.54, 1.807) is 13.0 Å². The first kappa shape index (κ1) is 17.5. The van der Waals surface area contributed by atoms with Crippen molar-refractivity contribution >= 4 is 18.0 Å². The Bertz CT molecular complexity index is 681. The molecule has 0 aromatic heterocycles.